The highest BCUT2D eigenvalue weighted by Gasteiger charge is 2.51. The average Bonchev–Trinajstić information content (AvgIpc) is 3.40. The van der Waals surface area contributed by atoms with Crippen molar-refractivity contribution in [3.05, 3.63) is 77.9 Å². The third-order valence-electron chi connectivity index (χ3n) is 5.71. The van der Waals surface area contributed by atoms with E-state index in [2.05, 4.69) is 36.5 Å². The monoisotopic (exact) mass is 373 g/mol. The predicted octanol–water partition coefficient (Wildman–Crippen LogP) is 5.31. The van der Waals surface area contributed by atoms with Crippen LogP contribution in [0.2, 0.25) is 0 Å². The fourth-order valence-corrected chi connectivity index (χ4v) is 3.85. The number of hydrogen-bond donors (Lipinski definition) is 1. The largest absolute Gasteiger partial charge is 0.454 e. The molecule has 0 unspecified atom stereocenters. The molecule has 2 aliphatic rings. The van der Waals surface area contributed by atoms with Crippen molar-refractivity contribution < 1.29 is 15.7 Å². The molecule has 0 spiro atoms. The van der Waals surface area contributed by atoms with Gasteiger partial charge in [0.05, 0.1) is 5.41 Å². The van der Waals surface area contributed by atoms with E-state index in [1.54, 1.807) is 0 Å². The van der Waals surface area contributed by atoms with Crippen LogP contribution in [0.4, 0.5) is 5.69 Å². The van der Waals surface area contributed by atoms with Crippen molar-refractivity contribution >= 4 is 11.6 Å². The summed E-state index contributed by atoms with van der Waals surface area (Å²) >= 11 is 0. The van der Waals surface area contributed by atoms with Gasteiger partial charge in [-0.05, 0) is 66.3 Å². The number of aryl methyl sites for hydroxylation is 1. The van der Waals surface area contributed by atoms with Crippen LogP contribution in [0.3, 0.4) is 0 Å². The number of carbonyl (C=O) groups excluding carboxylic acids is 1. The van der Waals surface area contributed by atoms with Gasteiger partial charge in [-0.3, -0.25) is 4.79 Å². The van der Waals surface area contributed by atoms with Crippen LogP contribution in [0.1, 0.15) is 25.4 Å². The Morgan fingerprint density at radius 2 is 1.71 bits per heavy atom. The quantitative estimate of drug-likeness (QED) is 0.674. The van der Waals surface area contributed by atoms with Gasteiger partial charge in [0.15, 0.2) is 11.5 Å². The second-order valence-electron chi connectivity index (χ2n) is 7.50. The Morgan fingerprint density at radius 3 is 2.46 bits per heavy atom. The molecule has 0 saturated heterocycles. The van der Waals surface area contributed by atoms with E-state index in [9.17, 15) is 4.79 Å². The van der Waals surface area contributed by atoms with Crippen molar-refractivity contribution in [3.63, 3.8) is 0 Å². The summed E-state index contributed by atoms with van der Waals surface area (Å²) < 4.78 is 10.8. The number of benzene rings is 3. The van der Waals surface area contributed by atoms with Crippen LogP contribution in [0.25, 0.3) is 11.1 Å². The van der Waals surface area contributed by atoms with Crippen LogP contribution in [0, 0.1) is 6.92 Å². The molecule has 1 aliphatic heterocycles. The van der Waals surface area contributed by atoms with E-state index in [1.165, 1.54) is 11.1 Å². The van der Waals surface area contributed by atoms with Crippen molar-refractivity contribution in [2.45, 2.75) is 25.2 Å². The van der Waals surface area contributed by atoms with Crippen molar-refractivity contribution in [2.24, 2.45) is 0 Å². The molecule has 3 aromatic rings. The second kappa shape index (κ2) is 6.41. The van der Waals surface area contributed by atoms with Crippen LogP contribution in [-0.2, 0) is 10.2 Å². The molecule has 0 bridgehead atoms. The van der Waals surface area contributed by atoms with E-state index in [0.717, 1.165) is 41.2 Å². The summed E-state index contributed by atoms with van der Waals surface area (Å²) in [7, 11) is 0. The number of fused-ring (bicyclic) bond motifs is 1. The minimum atomic E-state index is -0.463. The third-order valence-corrected chi connectivity index (χ3v) is 5.71. The average molecular weight is 373 g/mol. The van der Waals surface area contributed by atoms with E-state index >= 15 is 0 Å². The van der Waals surface area contributed by atoms with Crippen molar-refractivity contribution in [2.75, 3.05) is 12.1 Å². The van der Waals surface area contributed by atoms with Crippen LogP contribution in [-0.4, -0.2) is 12.7 Å². The summed E-state index contributed by atoms with van der Waals surface area (Å²) in [6, 6.07) is 22.1. The van der Waals surface area contributed by atoms with Crippen LogP contribution in [0.15, 0.2) is 66.7 Å². The van der Waals surface area contributed by atoms with Gasteiger partial charge in [0.25, 0.3) is 0 Å². The van der Waals surface area contributed by atoms with Gasteiger partial charge in [-0.2, -0.15) is 0 Å². The summed E-state index contributed by atoms with van der Waals surface area (Å²) in [5.74, 6) is 1.50. The van der Waals surface area contributed by atoms with Crippen molar-refractivity contribution in [1.29, 1.82) is 0 Å². The van der Waals surface area contributed by atoms with Crippen molar-refractivity contribution in [1.82, 2.24) is 0 Å². The minimum Gasteiger partial charge on any atom is -0.454 e. The Morgan fingerprint density at radius 1 is 0.964 bits per heavy atom. The lowest BCUT2D eigenvalue weighted by Gasteiger charge is -2.16. The Kier molecular flexibility index (Phi) is 3.86. The van der Waals surface area contributed by atoms with Gasteiger partial charge in [0.1, 0.15) is 0 Å². The first-order chi connectivity index (χ1) is 13.7. The minimum absolute atomic E-state index is 0. The van der Waals surface area contributed by atoms with E-state index in [4.69, 9.17) is 9.47 Å². The smallest absolute Gasteiger partial charge is 0.235 e. The van der Waals surface area contributed by atoms with Gasteiger partial charge in [0.2, 0.25) is 12.7 Å². The summed E-state index contributed by atoms with van der Waals surface area (Å²) in [6.45, 7) is 2.35. The van der Waals surface area contributed by atoms with Crippen LogP contribution < -0.4 is 14.8 Å². The van der Waals surface area contributed by atoms with E-state index in [0.29, 0.717) is 0 Å². The number of rotatable bonds is 4. The molecule has 1 aliphatic carbocycles. The first-order valence-electron chi connectivity index (χ1n) is 9.53. The second-order valence-corrected chi connectivity index (χ2v) is 7.50. The number of hydrogen-bond acceptors (Lipinski definition) is 3. The summed E-state index contributed by atoms with van der Waals surface area (Å²) in [4.78, 5) is 13.0. The lowest BCUT2D eigenvalue weighted by molar-refractivity contribution is -0.118. The SMILES string of the molecule is Cc1ccccc1-c1ccc(NC(=O)C2(c3ccc4c(c3)OCO4)CC2)cc1.[HH]. The maximum Gasteiger partial charge on any atom is 0.235 e. The lowest BCUT2D eigenvalue weighted by Crippen LogP contribution is -2.27. The zero-order valence-electron chi connectivity index (χ0n) is 15.7. The molecule has 1 heterocycles. The van der Waals surface area contributed by atoms with E-state index in [1.807, 2.05) is 42.5 Å². The van der Waals surface area contributed by atoms with Gasteiger partial charge in [0, 0.05) is 7.11 Å². The fraction of sp³-hybridized carbons (Fsp3) is 0.208. The topological polar surface area (TPSA) is 47.6 Å². The highest BCUT2D eigenvalue weighted by molar-refractivity contribution is 6.01. The first-order valence-corrected chi connectivity index (χ1v) is 9.53. The van der Waals surface area contributed by atoms with Gasteiger partial charge < -0.3 is 14.8 Å². The maximum absolute atomic E-state index is 13.0. The molecular formula is C24H23NO3. The molecule has 0 atom stereocenters. The molecule has 1 N–H and O–H groups in total. The number of ether oxygens (including phenoxy) is 2. The van der Waals surface area contributed by atoms with Gasteiger partial charge in [-0.25, -0.2) is 0 Å². The standard InChI is InChI=1S/C24H21NO3.H2/c1-16-4-2-3-5-20(16)17-6-9-19(10-7-17)25-23(26)24(12-13-24)18-8-11-21-22(14-18)28-15-27-21;/h2-11,14H,12-13,15H2,1H3,(H,25,26);1H. The number of anilines is 1. The molecule has 28 heavy (non-hydrogen) atoms. The number of amides is 1. The van der Waals surface area contributed by atoms with Gasteiger partial charge in [-0.15, -0.1) is 0 Å². The molecule has 0 aromatic heterocycles. The summed E-state index contributed by atoms with van der Waals surface area (Å²) in [5.41, 5.74) is 4.93. The van der Waals surface area contributed by atoms with Gasteiger partial charge >= 0.3 is 0 Å². The number of nitrogens with one attached hydrogen (secondary N) is 1. The zero-order valence-corrected chi connectivity index (χ0v) is 15.7. The number of carbonyl (C=O) groups is 1. The third kappa shape index (κ3) is 2.82. The first kappa shape index (κ1) is 16.9. The predicted molar refractivity (Wildman–Crippen MR) is 111 cm³/mol. The molecule has 0 radical (unpaired) electrons. The Labute approximate surface area is 165 Å². The molecule has 1 fully saturated rings. The van der Waals surface area contributed by atoms with E-state index < -0.39 is 5.41 Å². The maximum atomic E-state index is 13.0. The molecule has 4 heteroatoms. The van der Waals surface area contributed by atoms with Crippen LogP contribution >= 0.6 is 0 Å². The molecule has 1 amide bonds. The molecule has 5 rings (SSSR count). The van der Waals surface area contributed by atoms with Crippen LogP contribution in [0.5, 0.6) is 11.5 Å². The molecule has 1 saturated carbocycles. The Bertz CT molecular complexity index is 1060. The zero-order chi connectivity index (χ0) is 19.1. The highest BCUT2D eigenvalue weighted by Crippen LogP contribution is 2.51. The molecular weight excluding hydrogens is 350 g/mol. The normalized spacial score (nSPS) is 15.9. The molecule has 4 nitrogen and oxygen atoms in total. The highest BCUT2D eigenvalue weighted by atomic mass is 16.7. The van der Waals surface area contributed by atoms with Gasteiger partial charge in [-0.1, -0.05) is 42.5 Å². The Hall–Kier alpha value is -3.27. The molecule has 3 aromatic carbocycles. The Balaban J connectivity index is 0.00000205. The van der Waals surface area contributed by atoms with E-state index in [-0.39, 0.29) is 14.1 Å². The molecule has 142 valence electrons. The fourth-order valence-electron chi connectivity index (χ4n) is 3.85. The summed E-state index contributed by atoms with van der Waals surface area (Å²) in [6.07, 6.45) is 1.69. The van der Waals surface area contributed by atoms with Crippen molar-refractivity contribution in [3.8, 4) is 22.6 Å². The summed E-state index contributed by atoms with van der Waals surface area (Å²) in [5, 5.41) is 3.09. The lowest BCUT2D eigenvalue weighted by atomic mass is 9.94.